The van der Waals surface area contributed by atoms with Crippen molar-refractivity contribution >= 4 is 34.3 Å². The smallest absolute Gasteiger partial charge is 0.434 e. The topological polar surface area (TPSA) is 122 Å². The zero-order chi connectivity index (χ0) is 25.5. The average molecular weight is 511 g/mol. The molecule has 13 heteroatoms. The lowest BCUT2D eigenvalue weighted by Crippen LogP contribution is -2.51. The van der Waals surface area contributed by atoms with Crippen LogP contribution in [0, 0.1) is 6.92 Å². The van der Waals surface area contributed by atoms with Gasteiger partial charge in [0.25, 0.3) is 0 Å². The van der Waals surface area contributed by atoms with Crippen molar-refractivity contribution in [2.75, 3.05) is 13.7 Å². The van der Waals surface area contributed by atoms with Crippen LogP contribution in [0.1, 0.15) is 24.1 Å². The first kappa shape index (κ1) is 24.5. The summed E-state index contributed by atoms with van der Waals surface area (Å²) in [6, 6.07) is 3.57. The summed E-state index contributed by atoms with van der Waals surface area (Å²) in [5, 5.41) is 20.3. The molecule has 186 valence electrons. The van der Waals surface area contributed by atoms with Gasteiger partial charge in [0, 0.05) is 41.8 Å². The Morgan fingerprint density at radius 2 is 1.94 bits per heavy atom. The molecule has 0 saturated carbocycles. The fourth-order valence-electron chi connectivity index (χ4n) is 4.01. The van der Waals surface area contributed by atoms with Gasteiger partial charge < -0.3 is 19.7 Å². The van der Waals surface area contributed by atoms with E-state index in [0.717, 1.165) is 21.6 Å². The van der Waals surface area contributed by atoms with Gasteiger partial charge in [0.15, 0.2) is 5.69 Å². The molecule has 1 amide bonds. The van der Waals surface area contributed by atoms with Gasteiger partial charge in [-0.1, -0.05) is 0 Å². The molecule has 0 radical (unpaired) electrons. The molecule has 1 aliphatic rings. The van der Waals surface area contributed by atoms with E-state index < -0.39 is 36.1 Å². The van der Waals surface area contributed by atoms with Crippen LogP contribution < -0.4 is 9.47 Å². The van der Waals surface area contributed by atoms with Gasteiger partial charge in [-0.15, -0.1) is 11.3 Å². The molecule has 1 fully saturated rings. The van der Waals surface area contributed by atoms with Gasteiger partial charge in [-0.3, -0.25) is 4.90 Å². The molecule has 0 aliphatic carbocycles. The number of aliphatic carboxylic acids is 1. The number of fused-ring (bicyclic) bond motifs is 1. The molecule has 0 bridgehead atoms. The molecule has 4 rings (SSSR count). The number of rotatable bonds is 5. The normalized spacial score (nSPS) is 18.5. The molecule has 2 unspecified atom stereocenters. The molecular formula is C22H20F3N3O6S. The van der Waals surface area contributed by atoms with Crippen molar-refractivity contribution in [2.45, 2.75) is 38.1 Å². The zero-order valence-corrected chi connectivity index (χ0v) is 19.3. The molecule has 35 heavy (non-hydrogen) atoms. The van der Waals surface area contributed by atoms with Crippen molar-refractivity contribution < 1.29 is 42.4 Å². The highest BCUT2D eigenvalue weighted by atomic mass is 32.1. The van der Waals surface area contributed by atoms with E-state index in [1.807, 2.05) is 0 Å². The number of nitrogens with zero attached hydrogens (tertiary/aromatic N) is 3. The Bertz CT molecular complexity index is 1300. The second-order valence-corrected chi connectivity index (χ2v) is 8.78. The van der Waals surface area contributed by atoms with Crippen LogP contribution >= 0.6 is 11.3 Å². The van der Waals surface area contributed by atoms with Gasteiger partial charge in [-0.25, -0.2) is 19.6 Å². The van der Waals surface area contributed by atoms with E-state index in [9.17, 15) is 33.0 Å². The summed E-state index contributed by atoms with van der Waals surface area (Å²) in [7, 11) is 1.48. The van der Waals surface area contributed by atoms with E-state index in [0.29, 0.717) is 22.2 Å². The summed E-state index contributed by atoms with van der Waals surface area (Å²) in [5.74, 6) is -0.495. The monoisotopic (exact) mass is 511 g/mol. The summed E-state index contributed by atoms with van der Waals surface area (Å²) in [6.07, 6.45) is -6.44. The van der Waals surface area contributed by atoms with Gasteiger partial charge in [0.1, 0.15) is 34.3 Å². The van der Waals surface area contributed by atoms with E-state index in [1.165, 1.54) is 13.2 Å². The van der Waals surface area contributed by atoms with Crippen molar-refractivity contribution in [3.8, 4) is 22.2 Å². The van der Waals surface area contributed by atoms with E-state index in [4.69, 9.17) is 9.47 Å². The minimum atomic E-state index is -4.60. The standard InChI is InChI=1S/C22H20F3N3O6S/c1-10-15(33-2)4-3-12-16(34-11-5-6-28(21(31)32)14(7-11)20(29)30)8-13(26-18(10)12)19-27-17(9-35-19)22(23,24)25/h3-4,8-9,11,14H,5-7H2,1-2H3,(H,29,30)(H,31,32). The number of aromatic nitrogens is 2. The number of halogens is 3. The first-order valence-corrected chi connectivity index (χ1v) is 11.3. The molecular weight excluding hydrogens is 491 g/mol. The van der Waals surface area contributed by atoms with E-state index in [1.54, 1.807) is 19.1 Å². The lowest BCUT2D eigenvalue weighted by atomic mass is 9.99. The Morgan fingerprint density at radius 1 is 1.20 bits per heavy atom. The molecule has 0 spiro atoms. The Kier molecular flexibility index (Phi) is 6.45. The molecule has 2 N–H and O–H groups in total. The highest BCUT2D eigenvalue weighted by Crippen LogP contribution is 2.39. The number of hydrogen-bond donors (Lipinski definition) is 2. The number of aryl methyl sites for hydroxylation is 1. The number of thiazole rings is 1. The number of alkyl halides is 3. The lowest BCUT2D eigenvalue weighted by molar-refractivity contribution is -0.145. The van der Waals surface area contributed by atoms with Crippen LogP contribution in [0.3, 0.4) is 0 Å². The Morgan fingerprint density at radius 3 is 2.54 bits per heavy atom. The lowest BCUT2D eigenvalue weighted by Gasteiger charge is -2.35. The van der Waals surface area contributed by atoms with Gasteiger partial charge in [0.2, 0.25) is 0 Å². The Labute approximate surface area is 200 Å². The number of carboxylic acids is 1. The van der Waals surface area contributed by atoms with Gasteiger partial charge in [-0.2, -0.15) is 13.2 Å². The third kappa shape index (κ3) is 4.81. The highest BCUT2D eigenvalue weighted by molar-refractivity contribution is 7.13. The summed E-state index contributed by atoms with van der Waals surface area (Å²) in [5.41, 5.74) is 0.184. The van der Waals surface area contributed by atoms with Crippen LogP contribution in [-0.4, -0.2) is 62.9 Å². The number of carbonyl (C=O) groups is 2. The van der Waals surface area contributed by atoms with E-state index in [2.05, 4.69) is 9.97 Å². The minimum absolute atomic E-state index is 0.0374. The summed E-state index contributed by atoms with van der Waals surface area (Å²) >= 11 is 0.786. The number of piperidine rings is 1. The third-order valence-corrected chi connectivity index (χ3v) is 6.62. The first-order chi connectivity index (χ1) is 16.5. The number of ether oxygens (including phenoxy) is 2. The average Bonchev–Trinajstić information content (AvgIpc) is 3.30. The zero-order valence-electron chi connectivity index (χ0n) is 18.5. The number of benzene rings is 1. The van der Waals surface area contributed by atoms with Crippen LogP contribution in [0.5, 0.6) is 11.5 Å². The molecule has 1 aromatic carbocycles. The third-order valence-electron chi connectivity index (χ3n) is 5.76. The number of carboxylic acid groups (broad SMARTS) is 2. The maximum absolute atomic E-state index is 13.1. The first-order valence-electron chi connectivity index (χ1n) is 10.4. The minimum Gasteiger partial charge on any atom is -0.496 e. The largest absolute Gasteiger partial charge is 0.496 e. The maximum Gasteiger partial charge on any atom is 0.434 e. The molecule has 9 nitrogen and oxygen atoms in total. The molecule has 3 aromatic rings. The molecule has 1 aliphatic heterocycles. The molecule has 1 saturated heterocycles. The van der Waals surface area contributed by atoms with Crippen LogP contribution in [0.25, 0.3) is 21.6 Å². The molecule has 3 heterocycles. The van der Waals surface area contributed by atoms with Gasteiger partial charge in [-0.05, 0) is 19.1 Å². The van der Waals surface area contributed by atoms with Crippen molar-refractivity contribution in [3.63, 3.8) is 0 Å². The predicted octanol–water partition coefficient (Wildman–Crippen LogP) is 4.67. The number of hydrogen-bond acceptors (Lipinski definition) is 7. The van der Waals surface area contributed by atoms with Crippen LogP contribution in [0.2, 0.25) is 0 Å². The number of amides is 1. The second-order valence-electron chi connectivity index (χ2n) is 7.92. The van der Waals surface area contributed by atoms with Gasteiger partial charge >= 0.3 is 18.2 Å². The number of pyridine rings is 1. The fourth-order valence-corrected chi connectivity index (χ4v) is 4.80. The second kappa shape index (κ2) is 9.21. The van der Waals surface area contributed by atoms with Crippen LogP contribution in [0.15, 0.2) is 23.6 Å². The van der Waals surface area contributed by atoms with E-state index in [-0.39, 0.29) is 35.8 Å². The molecule has 2 aromatic heterocycles. The SMILES string of the molecule is COc1ccc2c(OC3CCN(C(=O)O)C(C(=O)O)C3)cc(-c3nc(C(F)(F)F)cs3)nc2c1C. The number of likely N-dealkylation sites (tertiary alicyclic amines) is 1. The van der Waals surface area contributed by atoms with Crippen LogP contribution in [0.4, 0.5) is 18.0 Å². The predicted molar refractivity (Wildman–Crippen MR) is 119 cm³/mol. The highest BCUT2D eigenvalue weighted by Gasteiger charge is 2.38. The Balaban J connectivity index is 1.76. The maximum atomic E-state index is 13.1. The summed E-state index contributed by atoms with van der Waals surface area (Å²) in [4.78, 5) is 32.1. The quantitative estimate of drug-likeness (QED) is 0.507. The van der Waals surface area contributed by atoms with E-state index >= 15 is 0 Å². The van der Waals surface area contributed by atoms with Crippen molar-refractivity contribution in [1.29, 1.82) is 0 Å². The van der Waals surface area contributed by atoms with Crippen molar-refractivity contribution in [2.24, 2.45) is 0 Å². The molecule has 2 atom stereocenters. The number of methoxy groups -OCH3 is 1. The fraction of sp³-hybridized carbons (Fsp3) is 0.364. The van der Waals surface area contributed by atoms with Crippen LogP contribution in [-0.2, 0) is 11.0 Å². The summed E-state index contributed by atoms with van der Waals surface area (Å²) in [6.45, 7) is 1.71. The Hall–Kier alpha value is -3.61. The van der Waals surface area contributed by atoms with Crippen molar-refractivity contribution in [3.05, 3.63) is 34.8 Å². The van der Waals surface area contributed by atoms with Gasteiger partial charge in [0.05, 0.1) is 12.6 Å². The summed E-state index contributed by atoms with van der Waals surface area (Å²) < 4.78 is 50.8. The van der Waals surface area contributed by atoms with Crippen molar-refractivity contribution in [1.82, 2.24) is 14.9 Å².